The number of ether oxygens (including phenoxy) is 2. The van der Waals surface area contributed by atoms with E-state index in [1.54, 1.807) is 6.07 Å². The van der Waals surface area contributed by atoms with E-state index < -0.39 is 23.0 Å². The van der Waals surface area contributed by atoms with E-state index >= 15 is 0 Å². The number of aromatic hydroxyl groups is 1. The van der Waals surface area contributed by atoms with Crippen molar-refractivity contribution in [2.24, 2.45) is 5.92 Å². The smallest absolute Gasteiger partial charge is 0.320 e. The predicted octanol–water partition coefficient (Wildman–Crippen LogP) is 2.29. The highest BCUT2D eigenvalue weighted by Gasteiger charge is 2.73. The summed E-state index contributed by atoms with van der Waals surface area (Å²) >= 11 is 0. The molecule has 2 aliphatic carbocycles. The van der Waals surface area contributed by atoms with Crippen LogP contribution in [0.5, 0.6) is 11.5 Å². The summed E-state index contributed by atoms with van der Waals surface area (Å²) in [6, 6.07) is 3.25. The van der Waals surface area contributed by atoms with Crippen molar-refractivity contribution in [2.45, 2.75) is 81.2 Å². The number of carboxylic acid groups (broad SMARTS) is 1. The minimum absolute atomic E-state index is 0.120. The lowest BCUT2D eigenvalue weighted by atomic mass is 9.48. The molecule has 0 amide bonds. The lowest BCUT2D eigenvalue weighted by Gasteiger charge is -2.65. The number of methoxy groups -OCH3 is 1. The van der Waals surface area contributed by atoms with Crippen LogP contribution in [-0.4, -0.2) is 71.6 Å². The molecule has 7 nitrogen and oxygen atoms in total. The van der Waals surface area contributed by atoms with Crippen molar-refractivity contribution in [3.63, 3.8) is 0 Å². The number of benzene rings is 1. The van der Waals surface area contributed by atoms with Crippen molar-refractivity contribution in [1.82, 2.24) is 10.2 Å². The summed E-state index contributed by atoms with van der Waals surface area (Å²) in [6.07, 6.45) is 3.63. The predicted molar refractivity (Wildman–Crippen MR) is 116 cm³/mol. The number of nitrogens with zero attached hydrogens (tertiary/aromatic N) is 1. The molecule has 1 saturated heterocycles. The Kier molecular flexibility index (Phi) is 4.81. The SMILES string of the molecule is CO[C@@]12CC[C@@H](N[C@@H](CC(C)C)C(=O)O)[C@@H]3Oc4c(O)ccc5c4C31CCN(C)C2C5. The summed E-state index contributed by atoms with van der Waals surface area (Å²) in [5.74, 6) is 0.198. The number of hydrogen-bond donors (Lipinski definition) is 3. The Balaban J connectivity index is 1.62. The van der Waals surface area contributed by atoms with Gasteiger partial charge in [-0.15, -0.1) is 0 Å². The lowest BCUT2D eigenvalue weighted by Crippen LogP contribution is -2.78. The van der Waals surface area contributed by atoms with Gasteiger partial charge in [-0.1, -0.05) is 19.9 Å². The molecule has 0 aromatic heterocycles. The van der Waals surface area contributed by atoms with Gasteiger partial charge in [0, 0.05) is 24.8 Å². The van der Waals surface area contributed by atoms with E-state index in [-0.39, 0.29) is 29.9 Å². The third kappa shape index (κ3) is 2.66. The van der Waals surface area contributed by atoms with Gasteiger partial charge in [0.2, 0.25) is 0 Å². The first-order chi connectivity index (χ1) is 14.7. The molecule has 1 aromatic rings. The van der Waals surface area contributed by atoms with Crippen molar-refractivity contribution < 1.29 is 24.5 Å². The van der Waals surface area contributed by atoms with Crippen LogP contribution >= 0.6 is 0 Å². The van der Waals surface area contributed by atoms with Crippen LogP contribution in [0.1, 0.15) is 50.7 Å². The maximum atomic E-state index is 12.0. The third-order valence-corrected chi connectivity index (χ3v) is 8.47. The van der Waals surface area contributed by atoms with Crippen LogP contribution in [-0.2, 0) is 21.4 Å². The average molecular weight is 431 g/mol. The topological polar surface area (TPSA) is 91.3 Å². The van der Waals surface area contributed by atoms with Crippen molar-refractivity contribution in [1.29, 1.82) is 0 Å². The summed E-state index contributed by atoms with van der Waals surface area (Å²) in [5.41, 5.74) is 1.52. The van der Waals surface area contributed by atoms with Gasteiger partial charge in [-0.25, -0.2) is 0 Å². The molecule has 1 spiro atoms. The molecule has 3 N–H and O–H groups in total. The Morgan fingerprint density at radius 2 is 2.16 bits per heavy atom. The second-order valence-corrected chi connectivity index (χ2v) is 10.3. The zero-order valence-electron chi connectivity index (χ0n) is 18.9. The number of nitrogens with one attached hydrogen (secondary N) is 1. The number of hydrogen-bond acceptors (Lipinski definition) is 6. The van der Waals surface area contributed by atoms with Crippen LogP contribution in [0, 0.1) is 5.92 Å². The van der Waals surface area contributed by atoms with Gasteiger partial charge >= 0.3 is 5.97 Å². The van der Waals surface area contributed by atoms with Crippen molar-refractivity contribution in [3.05, 3.63) is 23.3 Å². The highest BCUT2D eigenvalue weighted by atomic mass is 16.5. The monoisotopic (exact) mass is 430 g/mol. The number of carbonyl (C=O) groups is 1. The highest BCUT2D eigenvalue weighted by Crippen LogP contribution is 2.66. The number of phenolic OH excluding ortho intramolecular Hbond substituents is 1. The lowest BCUT2D eigenvalue weighted by molar-refractivity contribution is -0.204. The van der Waals surface area contributed by atoms with Crippen LogP contribution in [0.15, 0.2) is 12.1 Å². The number of aliphatic carboxylic acids is 1. The molecule has 5 rings (SSSR count). The van der Waals surface area contributed by atoms with Crippen LogP contribution in [0.3, 0.4) is 0 Å². The number of carboxylic acids is 1. The van der Waals surface area contributed by atoms with E-state index in [0.717, 1.165) is 37.8 Å². The maximum absolute atomic E-state index is 12.0. The maximum Gasteiger partial charge on any atom is 0.320 e. The Morgan fingerprint density at radius 1 is 1.39 bits per heavy atom. The second kappa shape index (κ2) is 7.09. The first-order valence-corrected chi connectivity index (χ1v) is 11.5. The summed E-state index contributed by atoms with van der Waals surface area (Å²) < 4.78 is 13.0. The molecule has 2 aliphatic heterocycles. The number of piperidine rings is 1. The molecular formula is C24H34N2O5. The normalized spacial score (nSPS) is 36.7. The molecule has 2 unspecified atom stereocenters. The van der Waals surface area contributed by atoms with Crippen LogP contribution in [0.4, 0.5) is 0 Å². The van der Waals surface area contributed by atoms with Crippen LogP contribution < -0.4 is 10.1 Å². The molecule has 2 bridgehead atoms. The Bertz CT molecular complexity index is 904. The Morgan fingerprint density at radius 3 is 2.84 bits per heavy atom. The van der Waals surface area contributed by atoms with Crippen molar-refractivity contribution in [3.8, 4) is 11.5 Å². The van der Waals surface area contributed by atoms with Crippen LogP contribution in [0.25, 0.3) is 0 Å². The zero-order valence-corrected chi connectivity index (χ0v) is 18.9. The van der Waals surface area contributed by atoms with E-state index in [4.69, 9.17) is 9.47 Å². The third-order valence-electron chi connectivity index (χ3n) is 8.47. The molecule has 7 heteroatoms. The zero-order chi connectivity index (χ0) is 22.1. The Hall–Kier alpha value is -1.83. The molecule has 170 valence electrons. The van der Waals surface area contributed by atoms with Crippen molar-refractivity contribution in [2.75, 3.05) is 20.7 Å². The van der Waals surface area contributed by atoms with E-state index in [2.05, 4.69) is 17.3 Å². The fourth-order valence-electron chi connectivity index (χ4n) is 7.28. The minimum atomic E-state index is -0.821. The van der Waals surface area contributed by atoms with Gasteiger partial charge in [-0.2, -0.15) is 0 Å². The molecule has 6 atom stereocenters. The van der Waals surface area contributed by atoms with Gasteiger partial charge < -0.3 is 24.6 Å². The largest absolute Gasteiger partial charge is 0.504 e. The summed E-state index contributed by atoms with van der Waals surface area (Å²) in [6.45, 7) is 5.01. The second-order valence-electron chi connectivity index (χ2n) is 10.3. The number of rotatable bonds is 6. The standard InChI is InChI=1S/C24H34N2O5/c1-13(2)11-16(22(28)29)25-15-7-8-24(30-4)18-12-14-5-6-17(27)20-19(14)23(24,21(15)31-20)9-10-26(18)3/h5-6,13,15-16,18,21,25,27H,7-12H2,1-4H3,(H,28,29)/t15-,16+,18?,21+,23?,24-/m1/s1. The van der Waals surface area contributed by atoms with E-state index in [9.17, 15) is 15.0 Å². The first kappa shape index (κ1) is 21.0. The van der Waals surface area contributed by atoms with Crippen molar-refractivity contribution >= 4 is 5.97 Å². The highest BCUT2D eigenvalue weighted by molar-refractivity contribution is 5.73. The van der Waals surface area contributed by atoms with Gasteiger partial charge in [0.25, 0.3) is 0 Å². The molecule has 4 aliphatic rings. The molecule has 2 heterocycles. The number of likely N-dealkylation sites (N-methyl/N-ethyl adjacent to an activating group) is 1. The molecule has 1 aromatic carbocycles. The van der Waals surface area contributed by atoms with Gasteiger partial charge in [-0.3, -0.25) is 10.1 Å². The first-order valence-electron chi connectivity index (χ1n) is 11.5. The van der Waals surface area contributed by atoms with Gasteiger partial charge in [0.15, 0.2) is 11.5 Å². The molecule has 31 heavy (non-hydrogen) atoms. The van der Waals surface area contributed by atoms with Crippen LogP contribution in [0.2, 0.25) is 0 Å². The van der Waals surface area contributed by atoms with Gasteiger partial charge in [0.1, 0.15) is 12.1 Å². The summed E-state index contributed by atoms with van der Waals surface area (Å²) in [4.78, 5) is 14.4. The summed E-state index contributed by atoms with van der Waals surface area (Å²) in [7, 11) is 3.98. The summed E-state index contributed by atoms with van der Waals surface area (Å²) in [5, 5.41) is 24.0. The number of likely N-dealkylation sites (tertiary alicyclic amines) is 1. The minimum Gasteiger partial charge on any atom is -0.504 e. The van der Waals surface area contributed by atoms with Gasteiger partial charge in [-0.05, 0) is 63.2 Å². The molecule has 0 radical (unpaired) electrons. The molecule has 2 fully saturated rings. The van der Waals surface area contributed by atoms with Gasteiger partial charge in [0.05, 0.1) is 11.0 Å². The molecule has 1 saturated carbocycles. The quantitative estimate of drug-likeness (QED) is 0.638. The van der Waals surface area contributed by atoms with E-state index in [0.29, 0.717) is 12.2 Å². The fraction of sp³-hybridized carbons (Fsp3) is 0.708. The fourth-order valence-corrected chi connectivity index (χ4v) is 7.28. The molecular weight excluding hydrogens is 396 g/mol. The van der Waals surface area contributed by atoms with E-state index in [1.807, 2.05) is 27.0 Å². The average Bonchev–Trinajstić information content (AvgIpc) is 3.08. The Labute approximate surface area is 183 Å². The number of phenols is 1. The van der Waals surface area contributed by atoms with E-state index in [1.165, 1.54) is 5.56 Å².